The fraction of sp³-hybridized carbons (Fsp3) is 0.417. The topological polar surface area (TPSA) is 26.3 Å². The normalized spacial score (nSPS) is 10.5. The first kappa shape index (κ1) is 12.2. The van der Waals surface area contributed by atoms with Crippen molar-refractivity contribution >= 4 is 21.7 Å². The molecule has 0 aliphatic carbocycles. The summed E-state index contributed by atoms with van der Waals surface area (Å²) in [5.41, 5.74) is 0.653. The highest BCUT2D eigenvalue weighted by Crippen LogP contribution is 2.25. The van der Waals surface area contributed by atoms with Crippen LogP contribution in [0.15, 0.2) is 22.7 Å². The summed E-state index contributed by atoms with van der Waals surface area (Å²) in [4.78, 5) is 11.9. The molecule has 0 bridgehead atoms. The number of Topliss-reactive ketones (excluding diaryl/α,β-unsaturated/α-hetero) is 1. The smallest absolute Gasteiger partial charge is 0.166 e. The summed E-state index contributed by atoms with van der Waals surface area (Å²) in [5, 5.41) is 0. The van der Waals surface area contributed by atoms with Crippen LogP contribution in [0.25, 0.3) is 0 Å². The van der Waals surface area contributed by atoms with E-state index < -0.39 is 0 Å². The van der Waals surface area contributed by atoms with Crippen LogP contribution in [-0.4, -0.2) is 12.9 Å². The van der Waals surface area contributed by atoms with Crippen LogP contribution in [0.3, 0.4) is 0 Å². The van der Waals surface area contributed by atoms with E-state index in [0.29, 0.717) is 23.7 Å². The molecular formula is C12H15BrO2. The second-order valence-electron chi connectivity index (χ2n) is 3.87. The molecule has 0 atom stereocenters. The van der Waals surface area contributed by atoms with Crippen LogP contribution in [0, 0.1) is 5.92 Å². The lowest BCUT2D eigenvalue weighted by molar-refractivity contribution is 0.0965. The van der Waals surface area contributed by atoms with Gasteiger partial charge in [0, 0.05) is 10.9 Å². The van der Waals surface area contributed by atoms with Crippen molar-refractivity contribution in [2.45, 2.75) is 20.3 Å². The number of hydrogen-bond donors (Lipinski definition) is 0. The molecule has 0 amide bonds. The van der Waals surface area contributed by atoms with Gasteiger partial charge in [-0.3, -0.25) is 4.79 Å². The van der Waals surface area contributed by atoms with E-state index in [0.717, 1.165) is 4.47 Å². The Balaban J connectivity index is 3.00. The Morgan fingerprint density at radius 1 is 1.47 bits per heavy atom. The Hall–Kier alpha value is -0.830. The maximum absolute atomic E-state index is 11.9. The second-order valence-corrected chi connectivity index (χ2v) is 4.78. The van der Waals surface area contributed by atoms with E-state index in [-0.39, 0.29) is 5.78 Å². The monoisotopic (exact) mass is 270 g/mol. The summed E-state index contributed by atoms with van der Waals surface area (Å²) in [6.45, 7) is 4.06. The number of methoxy groups -OCH3 is 1. The molecule has 15 heavy (non-hydrogen) atoms. The van der Waals surface area contributed by atoms with Crippen molar-refractivity contribution in [2.24, 2.45) is 5.92 Å². The van der Waals surface area contributed by atoms with Gasteiger partial charge in [0.05, 0.1) is 12.7 Å². The molecule has 1 aromatic rings. The molecule has 2 nitrogen and oxygen atoms in total. The summed E-state index contributed by atoms with van der Waals surface area (Å²) in [7, 11) is 1.58. The maximum atomic E-state index is 11.9. The largest absolute Gasteiger partial charge is 0.496 e. The Labute approximate surface area is 98.8 Å². The molecule has 3 heteroatoms. The van der Waals surface area contributed by atoms with E-state index in [1.54, 1.807) is 13.2 Å². The highest BCUT2D eigenvalue weighted by atomic mass is 79.9. The van der Waals surface area contributed by atoms with Gasteiger partial charge >= 0.3 is 0 Å². The van der Waals surface area contributed by atoms with Crippen molar-refractivity contribution in [3.63, 3.8) is 0 Å². The van der Waals surface area contributed by atoms with Gasteiger partial charge in [-0.25, -0.2) is 0 Å². The molecule has 0 unspecified atom stereocenters. The van der Waals surface area contributed by atoms with Gasteiger partial charge in [0.2, 0.25) is 0 Å². The second kappa shape index (κ2) is 5.31. The lowest BCUT2D eigenvalue weighted by atomic mass is 10.0. The summed E-state index contributed by atoms with van der Waals surface area (Å²) in [6, 6.07) is 5.48. The third-order valence-corrected chi connectivity index (χ3v) is 2.55. The highest BCUT2D eigenvalue weighted by Gasteiger charge is 2.13. The summed E-state index contributed by atoms with van der Waals surface area (Å²) >= 11 is 3.35. The first-order chi connectivity index (χ1) is 7.04. The predicted molar refractivity (Wildman–Crippen MR) is 64.5 cm³/mol. The Morgan fingerprint density at radius 3 is 2.67 bits per heavy atom. The Kier molecular flexibility index (Phi) is 4.33. The zero-order chi connectivity index (χ0) is 11.4. The summed E-state index contributed by atoms with van der Waals surface area (Å²) in [5.74, 6) is 1.13. The number of carbonyl (C=O) groups excluding carboxylic acids is 1. The van der Waals surface area contributed by atoms with Crippen LogP contribution in [0.4, 0.5) is 0 Å². The molecule has 1 rings (SSSR count). The molecular weight excluding hydrogens is 256 g/mol. The van der Waals surface area contributed by atoms with Gasteiger partial charge in [0.25, 0.3) is 0 Å². The van der Waals surface area contributed by atoms with Gasteiger partial charge in [-0.1, -0.05) is 29.8 Å². The maximum Gasteiger partial charge on any atom is 0.166 e. The van der Waals surface area contributed by atoms with Crippen LogP contribution in [0.5, 0.6) is 5.75 Å². The predicted octanol–water partition coefficient (Wildman–Crippen LogP) is 3.69. The summed E-state index contributed by atoms with van der Waals surface area (Å²) < 4.78 is 6.06. The zero-order valence-corrected chi connectivity index (χ0v) is 10.8. The number of carbonyl (C=O) groups is 1. The molecule has 0 radical (unpaired) electrons. The average Bonchev–Trinajstić information content (AvgIpc) is 2.16. The minimum Gasteiger partial charge on any atom is -0.496 e. The van der Waals surface area contributed by atoms with E-state index >= 15 is 0 Å². The van der Waals surface area contributed by atoms with Crippen LogP contribution in [0.2, 0.25) is 0 Å². The lowest BCUT2D eigenvalue weighted by Crippen LogP contribution is -2.05. The number of rotatable bonds is 4. The first-order valence-electron chi connectivity index (χ1n) is 4.91. The number of halogens is 1. The molecule has 0 saturated carbocycles. The van der Waals surface area contributed by atoms with Gasteiger partial charge in [-0.2, -0.15) is 0 Å². The molecule has 0 saturated heterocycles. The van der Waals surface area contributed by atoms with Gasteiger partial charge in [-0.15, -0.1) is 0 Å². The fourth-order valence-corrected chi connectivity index (χ4v) is 1.74. The first-order valence-corrected chi connectivity index (χ1v) is 5.70. The van der Waals surface area contributed by atoms with Crippen LogP contribution >= 0.6 is 15.9 Å². The average molecular weight is 271 g/mol. The van der Waals surface area contributed by atoms with Crippen LogP contribution in [0.1, 0.15) is 30.6 Å². The van der Waals surface area contributed by atoms with Gasteiger partial charge in [0.1, 0.15) is 5.75 Å². The Bertz CT molecular complexity index is 359. The van der Waals surface area contributed by atoms with E-state index in [2.05, 4.69) is 15.9 Å². The number of ketones is 1. The molecule has 0 fully saturated rings. The number of hydrogen-bond acceptors (Lipinski definition) is 2. The number of benzene rings is 1. The Morgan fingerprint density at radius 2 is 2.13 bits per heavy atom. The van der Waals surface area contributed by atoms with E-state index in [4.69, 9.17) is 4.74 Å². The molecule has 82 valence electrons. The van der Waals surface area contributed by atoms with Crippen LogP contribution in [-0.2, 0) is 0 Å². The third kappa shape index (κ3) is 3.34. The van der Waals surface area contributed by atoms with E-state index in [9.17, 15) is 4.79 Å². The van der Waals surface area contributed by atoms with Gasteiger partial charge in [0.15, 0.2) is 5.78 Å². The van der Waals surface area contributed by atoms with Crippen molar-refractivity contribution in [2.75, 3.05) is 7.11 Å². The zero-order valence-electron chi connectivity index (χ0n) is 9.21. The molecule has 0 spiro atoms. The molecule has 0 aromatic heterocycles. The number of ether oxygens (including phenoxy) is 1. The van der Waals surface area contributed by atoms with E-state index in [1.807, 2.05) is 26.0 Å². The highest BCUT2D eigenvalue weighted by molar-refractivity contribution is 9.10. The SMILES string of the molecule is COc1ccc(Br)cc1C(=O)CC(C)C. The standard InChI is InChI=1S/C12H15BrO2/c1-8(2)6-11(14)10-7-9(13)4-5-12(10)15-3/h4-5,7-8H,6H2,1-3H3. The fourth-order valence-electron chi connectivity index (χ4n) is 1.38. The molecule has 0 heterocycles. The van der Waals surface area contributed by atoms with Crippen molar-refractivity contribution in [3.8, 4) is 5.75 Å². The molecule has 0 aliphatic heterocycles. The van der Waals surface area contributed by atoms with Gasteiger partial charge in [-0.05, 0) is 24.1 Å². The van der Waals surface area contributed by atoms with Crippen molar-refractivity contribution < 1.29 is 9.53 Å². The minimum atomic E-state index is 0.128. The van der Waals surface area contributed by atoms with Gasteiger partial charge < -0.3 is 4.74 Å². The minimum absolute atomic E-state index is 0.128. The summed E-state index contributed by atoms with van der Waals surface area (Å²) in [6.07, 6.45) is 0.548. The van der Waals surface area contributed by atoms with Crippen molar-refractivity contribution in [1.29, 1.82) is 0 Å². The van der Waals surface area contributed by atoms with Crippen molar-refractivity contribution in [3.05, 3.63) is 28.2 Å². The quantitative estimate of drug-likeness (QED) is 0.781. The molecule has 1 aromatic carbocycles. The van der Waals surface area contributed by atoms with E-state index in [1.165, 1.54) is 0 Å². The molecule has 0 N–H and O–H groups in total. The van der Waals surface area contributed by atoms with Crippen LogP contribution < -0.4 is 4.74 Å². The molecule has 0 aliphatic rings. The lowest BCUT2D eigenvalue weighted by Gasteiger charge is -2.09. The van der Waals surface area contributed by atoms with Crippen molar-refractivity contribution in [1.82, 2.24) is 0 Å². The third-order valence-electron chi connectivity index (χ3n) is 2.06.